The lowest BCUT2D eigenvalue weighted by atomic mass is 10.0. The van der Waals surface area contributed by atoms with Crippen LogP contribution in [0.3, 0.4) is 0 Å². The van der Waals surface area contributed by atoms with Gasteiger partial charge in [0.2, 0.25) is 0 Å². The number of nitrogens with zero attached hydrogens (tertiary/aromatic N) is 2. The zero-order chi connectivity index (χ0) is 44.2. The second-order valence-electron chi connectivity index (χ2n) is 20.7. The lowest BCUT2D eigenvalue weighted by molar-refractivity contribution is 0.515. The van der Waals surface area contributed by atoms with Gasteiger partial charge in [-0.25, -0.2) is 9.97 Å². The molecule has 0 aliphatic heterocycles. The predicted molar refractivity (Wildman–Crippen MR) is 281 cm³/mol. The van der Waals surface area contributed by atoms with E-state index < -0.39 is 0 Å². The molecule has 2 heteroatoms. The van der Waals surface area contributed by atoms with Crippen molar-refractivity contribution in [2.24, 2.45) is 0 Å². The Bertz CT molecular complexity index is 871. The maximum atomic E-state index is 4.61. The maximum absolute atomic E-state index is 4.61. The summed E-state index contributed by atoms with van der Waals surface area (Å²) in [4.78, 5) is 9.21. The van der Waals surface area contributed by atoms with E-state index in [1.807, 2.05) is 6.33 Å². The Kier molecular flexibility index (Phi) is 50.2. The molecule has 2 nitrogen and oxygen atoms in total. The monoisotopic (exact) mass is 865 g/mol. The highest BCUT2D eigenvalue weighted by Crippen LogP contribution is 2.19. The molecule has 0 saturated heterocycles. The minimum Gasteiger partial charge on any atom is -0.241 e. The van der Waals surface area contributed by atoms with Crippen molar-refractivity contribution >= 4 is 0 Å². The van der Waals surface area contributed by atoms with Gasteiger partial charge in [-0.1, -0.05) is 335 Å². The number of aromatic nitrogens is 2. The molecule has 0 amide bonds. The Labute approximate surface area is 392 Å². The van der Waals surface area contributed by atoms with Gasteiger partial charge in [0.1, 0.15) is 6.33 Å². The van der Waals surface area contributed by atoms with Crippen LogP contribution in [-0.2, 0) is 12.8 Å². The van der Waals surface area contributed by atoms with Crippen molar-refractivity contribution in [2.45, 2.75) is 361 Å². The fourth-order valence-corrected chi connectivity index (χ4v) is 9.96. The van der Waals surface area contributed by atoms with E-state index in [1.54, 1.807) is 0 Å². The number of aryl methyl sites for hydroxylation is 2. The summed E-state index contributed by atoms with van der Waals surface area (Å²) in [5, 5.41) is 0. The summed E-state index contributed by atoms with van der Waals surface area (Å²) in [7, 11) is 0. The average Bonchev–Trinajstić information content (AvgIpc) is 3.29. The molecule has 0 unspecified atom stereocenters. The second kappa shape index (κ2) is 52.7. The zero-order valence-electron chi connectivity index (χ0n) is 43.2. The van der Waals surface area contributed by atoms with Gasteiger partial charge in [-0.3, -0.25) is 0 Å². The number of rotatable bonds is 54. The summed E-state index contributed by atoms with van der Waals surface area (Å²) in [6, 6.07) is 2.31. The van der Waals surface area contributed by atoms with Gasteiger partial charge in [0, 0.05) is 11.4 Å². The Balaban J connectivity index is 1.75. The zero-order valence-corrected chi connectivity index (χ0v) is 43.2. The molecule has 0 fully saturated rings. The van der Waals surface area contributed by atoms with Gasteiger partial charge in [0.15, 0.2) is 0 Å². The van der Waals surface area contributed by atoms with Crippen LogP contribution in [0.5, 0.6) is 0 Å². The fraction of sp³-hybridized carbons (Fsp3) is 0.933. The minimum atomic E-state index is 1.13. The van der Waals surface area contributed by atoms with E-state index in [9.17, 15) is 0 Å². The van der Waals surface area contributed by atoms with Crippen LogP contribution in [0.1, 0.15) is 359 Å². The first kappa shape index (κ1) is 59.1. The molecule has 1 aromatic rings. The van der Waals surface area contributed by atoms with Crippen molar-refractivity contribution in [3.05, 3.63) is 23.8 Å². The van der Waals surface area contributed by atoms with Crippen LogP contribution in [0.15, 0.2) is 12.4 Å². The Hall–Kier alpha value is -0.920. The fourth-order valence-electron chi connectivity index (χ4n) is 9.96. The molecule has 0 atom stereocenters. The predicted octanol–water partition coefficient (Wildman–Crippen LogP) is 21.9. The van der Waals surface area contributed by atoms with Gasteiger partial charge in [-0.2, -0.15) is 0 Å². The first-order chi connectivity index (χ1) is 30.9. The highest BCUT2D eigenvalue weighted by molar-refractivity contribution is 5.08. The molecule has 0 radical (unpaired) electrons. The highest BCUT2D eigenvalue weighted by atomic mass is 14.8. The van der Waals surface area contributed by atoms with E-state index in [0.717, 1.165) is 12.8 Å². The molecular weight excluding hydrogens is 749 g/mol. The summed E-state index contributed by atoms with van der Waals surface area (Å²) < 4.78 is 0. The molecule has 366 valence electrons. The summed E-state index contributed by atoms with van der Waals surface area (Å²) >= 11 is 0. The molecular formula is C60H116N2. The third kappa shape index (κ3) is 47.1. The molecule has 0 aromatic carbocycles. The lowest BCUT2D eigenvalue weighted by Gasteiger charge is -2.06. The van der Waals surface area contributed by atoms with Gasteiger partial charge < -0.3 is 0 Å². The maximum Gasteiger partial charge on any atom is 0.115 e. The normalized spacial score (nSPS) is 11.6. The van der Waals surface area contributed by atoms with Crippen molar-refractivity contribution in [3.8, 4) is 0 Å². The molecule has 0 N–H and O–H groups in total. The Morgan fingerprint density at radius 3 is 0.516 bits per heavy atom. The minimum absolute atomic E-state index is 1.13. The summed E-state index contributed by atoms with van der Waals surface area (Å²) in [6.45, 7) is 4.62. The van der Waals surface area contributed by atoms with E-state index in [-0.39, 0.29) is 0 Å². The first-order valence-corrected chi connectivity index (χ1v) is 29.7. The molecule has 0 spiro atoms. The third-order valence-corrected chi connectivity index (χ3v) is 14.4. The Morgan fingerprint density at radius 2 is 0.355 bits per heavy atom. The van der Waals surface area contributed by atoms with E-state index >= 15 is 0 Å². The van der Waals surface area contributed by atoms with Crippen LogP contribution in [0.4, 0.5) is 0 Å². The molecule has 0 aliphatic rings. The van der Waals surface area contributed by atoms with E-state index in [4.69, 9.17) is 0 Å². The molecule has 1 rings (SSSR count). The molecule has 62 heavy (non-hydrogen) atoms. The SMILES string of the molecule is CCCCCCCCCCCCCCCCCCCCCCCCCCCCc1cc(CCCCCCCCCCCCCCCCCCCCCCCCCCCC)ncn1. The number of hydrogen-bond acceptors (Lipinski definition) is 2. The first-order valence-electron chi connectivity index (χ1n) is 29.7. The van der Waals surface area contributed by atoms with Gasteiger partial charge in [-0.05, 0) is 31.7 Å². The quantitative estimate of drug-likeness (QED) is 0.0610. The van der Waals surface area contributed by atoms with Crippen LogP contribution < -0.4 is 0 Å². The summed E-state index contributed by atoms with van der Waals surface area (Å²) in [5.74, 6) is 0. The van der Waals surface area contributed by atoms with Gasteiger partial charge in [-0.15, -0.1) is 0 Å². The summed E-state index contributed by atoms with van der Waals surface area (Å²) in [6.07, 6.45) is 79.6. The van der Waals surface area contributed by atoms with Crippen molar-refractivity contribution in [1.29, 1.82) is 0 Å². The lowest BCUT2D eigenvalue weighted by Crippen LogP contribution is -1.97. The van der Waals surface area contributed by atoms with Crippen molar-refractivity contribution in [1.82, 2.24) is 9.97 Å². The molecule has 0 bridgehead atoms. The van der Waals surface area contributed by atoms with Gasteiger partial charge >= 0.3 is 0 Å². The van der Waals surface area contributed by atoms with Crippen molar-refractivity contribution in [3.63, 3.8) is 0 Å². The van der Waals surface area contributed by atoms with Gasteiger partial charge in [0.05, 0.1) is 0 Å². The van der Waals surface area contributed by atoms with Crippen LogP contribution in [-0.4, -0.2) is 9.97 Å². The molecule has 0 aliphatic carbocycles. The standard InChI is InChI=1S/C60H116N2/c1-3-5-7-9-11-13-15-17-19-21-23-25-27-29-31-33-35-37-39-41-43-45-47-49-51-53-55-59-57-60(62-58-61-59)56-54-52-50-48-46-44-42-40-38-36-34-32-30-28-26-24-22-20-18-16-14-12-10-8-6-4-2/h57-58H,3-56H2,1-2H3. The molecule has 1 aromatic heterocycles. The van der Waals surface area contributed by atoms with Crippen LogP contribution in [0, 0.1) is 0 Å². The van der Waals surface area contributed by atoms with E-state index in [0.29, 0.717) is 0 Å². The van der Waals surface area contributed by atoms with Crippen molar-refractivity contribution < 1.29 is 0 Å². The smallest absolute Gasteiger partial charge is 0.115 e. The average molecular weight is 866 g/mol. The van der Waals surface area contributed by atoms with E-state index in [1.165, 1.54) is 345 Å². The summed E-state index contributed by atoms with van der Waals surface area (Å²) in [5.41, 5.74) is 2.54. The van der Waals surface area contributed by atoms with Crippen LogP contribution in [0.25, 0.3) is 0 Å². The Morgan fingerprint density at radius 1 is 0.210 bits per heavy atom. The third-order valence-electron chi connectivity index (χ3n) is 14.4. The number of unbranched alkanes of at least 4 members (excludes halogenated alkanes) is 50. The molecule has 1 heterocycles. The van der Waals surface area contributed by atoms with Crippen LogP contribution in [0.2, 0.25) is 0 Å². The van der Waals surface area contributed by atoms with Crippen molar-refractivity contribution in [2.75, 3.05) is 0 Å². The van der Waals surface area contributed by atoms with E-state index in [2.05, 4.69) is 29.9 Å². The number of hydrogen-bond donors (Lipinski definition) is 0. The van der Waals surface area contributed by atoms with Crippen LogP contribution >= 0.6 is 0 Å². The topological polar surface area (TPSA) is 25.8 Å². The highest BCUT2D eigenvalue weighted by Gasteiger charge is 2.02. The van der Waals surface area contributed by atoms with Gasteiger partial charge in [0.25, 0.3) is 0 Å². The second-order valence-corrected chi connectivity index (χ2v) is 20.7. The molecule has 0 saturated carbocycles. The largest absolute Gasteiger partial charge is 0.241 e.